The SMILES string of the molecule is C=CC1CC(N(C[C@H]2O[C@@H](n3cnc(C(N)=NC)c3N=C)[C@@H]3OC(C)(C)O[C@@H]32)C(C)C)C1. The van der Waals surface area contributed by atoms with E-state index in [4.69, 9.17) is 19.9 Å². The Hall–Kier alpha value is -2.07. The summed E-state index contributed by atoms with van der Waals surface area (Å²) in [7, 11) is 1.62. The number of aliphatic imine (C=N–C) groups is 2. The van der Waals surface area contributed by atoms with Crippen molar-refractivity contribution in [2.75, 3.05) is 13.6 Å². The molecule has 9 nitrogen and oxygen atoms in total. The van der Waals surface area contributed by atoms with E-state index < -0.39 is 12.0 Å². The van der Waals surface area contributed by atoms with Crippen molar-refractivity contribution in [3.8, 4) is 0 Å². The van der Waals surface area contributed by atoms with Gasteiger partial charge in [0, 0.05) is 25.7 Å². The summed E-state index contributed by atoms with van der Waals surface area (Å²) in [6, 6.07) is 0.924. The van der Waals surface area contributed by atoms with Crippen molar-refractivity contribution in [1.29, 1.82) is 0 Å². The first-order valence-electron chi connectivity index (χ1n) is 11.3. The molecule has 0 aromatic carbocycles. The van der Waals surface area contributed by atoms with Gasteiger partial charge in [0.25, 0.3) is 0 Å². The fourth-order valence-corrected chi connectivity index (χ4v) is 5.10. The lowest BCUT2D eigenvalue weighted by molar-refractivity contribution is -0.199. The number of rotatable bonds is 8. The van der Waals surface area contributed by atoms with Crippen LogP contribution in [0.4, 0.5) is 5.82 Å². The first kappa shape index (κ1) is 23.1. The molecule has 0 bridgehead atoms. The topological polar surface area (TPSA) is 99.5 Å². The second-order valence-corrected chi connectivity index (χ2v) is 9.63. The van der Waals surface area contributed by atoms with E-state index >= 15 is 0 Å². The van der Waals surface area contributed by atoms with Crippen LogP contribution in [-0.2, 0) is 14.2 Å². The van der Waals surface area contributed by atoms with Crippen LogP contribution in [0.1, 0.15) is 52.5 Å². The molecule has 0 radical (unpaired) electrons. The molecule has 2 saturated heterocycles. The van der Waals surface area contributed by atoms with Crippen LogP contribution in [-0.4, -0.2) is 76.8 Å². The van der Waals surface area contributed by atoms with E-state index in [2.05, 4.69) is 53.1 Å². The number of hydrogen-bond acceptors (Lipinski definition) is 7. The molecule has 0 amide bonds. The minimum absolute atomic E-state index is 0.155. The van der Waals surface area contributed by atoms with Gasteiger partial charge in [0.2, 0.25) is 0 Å². The Morgan fingerprint density at radius 2 is 2.06 bits per heavy atom. The van der Waals surface area contributed by atoms with E-state index in [0.717, 1.165) is 19.4 Å². The number of aromatic nitrogens is 2. The van der Waals surface area contributed by atoms with E-state index in [-0.39, 0.29) is 18.3 Å². The minimum Gasteiger partial charge on any atom is -0.382 e. The summed E-state index contributed by atoms with van der Waals surface area (Å²) in [6.07, 6.45) is 4.90. The summed E-state index contributed by atoms with van der Waals surface area (Å²) in [5, 5.41) is 0. The van der Waals surface area contributed by atoms with Gasteiger partial charge in [-0.3, -0.25) is 14.5 Å². The lowest BCUT2D eigenvalue weighted by Crippen LogP contribution is -2.52. The van der Waals surface area contributed by atoms with Crippen LogP contribution >= 0.6 is 0 Å². The largest absolute Gasteiger partial charge is 0.382 e. The van der Waals surface area contributed by atoms with Gasteiger partial charge in [-0.05, 0) is 53.2 Å². The summed E-state index contributed by atoms with van der Waals surface area (Å²) >= 11 is 0. The standard InChI is InChI=1S/C23H36N6O3/c1-8-14-9-15(10-14)28(13(2)3)11-16-18-19(32-23(4,5)31-18)22(30-16)29-12-27-17(20(24)25-6)21(29)26-7/h8,12-16,18-19,22H,1,7,9-11H2,2-6H3,(H2,24,25)/t14?,15?,16-,18-,19-,22-/m1/s1. The number of ether oxygens (including phenoxy) is 3. The van der Waals surface area contributed by atoms with Gasteiger partial charge < -0.3 is 19.9 Å². The molecule has 0 unspecified atom stereocenters. The quantitative estimate of drug-likeness (QED) is 0.376. The van der Waals surface area contributed by atoms with E-state index in [1.807, 2.05) is 18.4 Å². The second kappa shape index (κ2) is 8.70. The van der Waals surface area contributed by atoms with E-state index in [9.17, 15) is 0 Å². The van der Waals surface area contributed by atoms with Crippen molar-refractivity contribution < 1.29 is 14.2 Å². The number of nitrogens with two attached hydrogens (primary N) is 1. The number of nitrogens with zero attached hydrogens (tertiary/aromatic N) is 5. The van der Waals surface area contributed by atoms with Gasteiger partial charge >= 0.3 is 0 Å². The van der Waals surface area contributed by atoms with Gasteiger partial charge in [-0.25, -0.2) is 9.98 Å². The van der Waals surface area contributed by atoms with E-state index in [1.54, 1.807) is 13.4 Å². The highest BCUT2D eigenvalue weighted by molar-refractivity contribution is 5.99. The zero-order valence-corrected chi connectivity index (χ0v) is 19.8. The molecule has 3 heterocycles. The molecule has 4 rings (SSSR count). The lowest BCUT2D eigenvalue weighted by atomic mass is 9.79. The molecular formula is C23H36N6O3. The van der Waals surface area contributed by atoms with Gasteiger partial charge in [-0.15, -0.1) is 6.58 Å². The Kier molecular flexibility index (Phi) is 6.28. The molecule has 32 heavy (non-hydrogen) atoms. The Balaban J connectivity index is 1.60. The third-order valence-electron chi connectivity index (χ3n) is 6.81. The van der Waals surface area contributed by atoms with E-state index in [1.165, 1.54) is 0 Å². The van der Waals surface area contributed by atoms with Gasteiger partial charge in [0.05, 0.1) is 6.33 Å². The van der Waals surface area contributed by atoms with Crippen molar-refractivity contribution in [1.82, 2.24) is 14.5 Å². The predicted molar refractivity (Wildman–Crippen MR) is 124 cm³/mol. The molecular weight excluding hydrogens is 408 g/mol. The van der Waals surface area contributed by atoms with Crippen molar-refractivity contribution in [3.63, 3.8) is 0 Å². The summed E-state index contributed by atoms with van der Waals surface area (Å²) in [5.41, 5.74) is 6.50. The smallest absolute Gasteiger partial charge is 0.166 e. The number of fused-ring (bicyclic) bond motifs is 1. The Bertz CT molecular complexity index is 888. The van der Waals surface area contributed by atoms with Gasteiger partial charge in [-0.2, -0.15) is 0 Å². The number of amidine groups is 1. The third kappa shape index (κ3) is 4.03. The van der Waals surface area contributed by atoms with Crippen molar-refractivity contribution in [3.05, 3.63) is 24.7 Å². The average Bonchev–Trinajstić information content (AvgIpc) is 3.36. The zero-order valence-electron chi connectivity index (χ0n) is 19.8. The molecule has 2 aliphatic heterocycles. The molecule has 9 heteroatoms. The van der Waals surface area contributed by atoms with Crippen molar-refractivity contribution in [2.45, 2.75) is 82.9 Å². The molecule has 4 atom stereocenters. The van der Waals surface area contributed by atoms with Crippen LogP contribution in [0.2, 0.25) is 0 Å². The van der Waals surface area contributed by atoms with Gasteiger partial charge in [0.15, 0.2) is 17.8 Å². The average molecular weight is 445 g/mol. The van der Waals surface area contributed by atoms with E-state index in [0.29, 0.717) is 35.3 Å². The molecule has 2 N–H and O–H groups in total. The van der Waals surface area contributed by atoms with Crippen LogP contribution in [0.3, 0.4) is 0 Å². The first-order chi connectivity index (χ1) is 15.2. The van der Waals surface area contributed by atoms with Gasteiger partial charge in [0.1, 0.15) is 29.8 Å². The van der Waals surface area contributed by atoms with Crippen molar-refractivity contribution >= 4 is 18.4 Å². The van der Waals surface area contributed by atoms with Gasteiger partial charge in [-0.1, -0.05) is 6.08 Å². The maximum absolute atomic E-state index is 6.57. The lowest BCUT2D eigenvalue weighted by Gasteiger charge is -2.45. The number of allylic oxidation sites excluding steroid dienone is 1. The summed E-state index contributed by atoms with van der Waals surface area (Å²) in [4.78, 5) is 15.1. The maximum atomic E-state index is 6.57. The molecule has 1 aliphatic carbocycles. The summed E-state index contributed by atoms with van der Waals surface area (Å²) < 4.78 is 21.0. The van der Waals surface area contributed by atoms with Crippen LogP contribution in [0.25, 0.3) is 0 Å². The molecule has 176 valence electrons. The number of hydrogen-bond donors (Lipinski definition) is 1. The predicted octanol–water partition coefficient (Wildman–Crippen LogP) is 2.64. The second-order valence-electron chi connectivity index (χ2n) is 9.63. The molecule has 3 aliphatic rings. The molecule has 3 fully saturated rings. The minimum atomic E-state index is -0.697. The van der Waals surface area contributed by atoms with Crippen LogP contribution in [0.15, 0.2) is 29.0 Å². The monoisotopic (exact) mass is 444 g/mol. The zero-order chi connectivity index (χ0) is 23.2. The molecule has 1 aromatic heterocycles. The summed E-state index contributed by atoms with van der Waals surface area (Å²) in [6.45, 7) is 16.8. The van der Waals surface area contributed by atoms with Crippen LogP contribution in [0, 0.1) is 5.92 Å². The molecule has 0 spiro atoms. The van der Waals surface area contributed by atoms with Crippen molar-refractivity contribution in [2.24, 2.45) is 21.6 Å². The third-order valence-corrected chi connectivity index (χ3v) is 6.81. The fraction of sp³-hybridized carbons (Fsp3) is 0.696. The molecule has 1 saturated carbocycles. The Morgan fingerprint density at radius 3 is 2.66 bits per heavy atom. The summed E-state index contributed by atoms with van der Waals surface area (Å²) in [5.74, 6) is 0.721. The highest BCUT2D eigenvalue weighted by Gasteiger charge is 2.57. The number of imidazole rings is 1. The van der Waals surface area contributed by atoms with Crippen LogP contribution < -0.4 is 5.73 Å². The maximum Gasteiger partial charge on any atom is 0.166 e. The first-order valence-corrected chi connectivity index (χ1v) is 11.3. The molecule has 1 aromatic rings. The highest BCUT2D eigenvalue weighted by atomic mass is 16.8. The Morgan fingerprint density at radius 1 is 1.38 bits per heavy atom. The Labute approximate surface area is 190 Å². The highest BCUT2D eigenvalue weighted by Crippen LogP contribution is 2.45. The fourth-order valence-electron chi connectivity index (χ4n) is 5.10. The van der Waals surface area contributed by atoms with Crippen LogP contribution in [0.5, 0.6) is 0 Å². The normalized spacial score (nSPS) is 34.0.